The fourth-order valence-corrected chi connectivity index (χ4v) is 4.13. The summed E-state index contributed by atoms with van der Waals surface area (Å²) in [5.74, 6) is -0.0101. The van der Waals surface area contributed by atoms with E-state index in [-0.39, 0.29) is 5.91 Å². The Morgan fingerprint density at radius 3 is 2.76 bits per heavy atom. The number of nitrogens with one attached hydrogen (secondary N) is 2. The Morgan fingerprint density at radius 1 is 1.36 bits per heavy atom. The molecule has 2 bridgehead atoms. The normalized spacial score (nSPS) is 25.1. The first-order chi connectivity index (χ1) is 12.1. The summed E-state index contributed by atoms with van der Waals surface area (Å²) in [4.78, 5) is 12.3. The third-order valence-corrected chi connectivity index (χ3v) is 5.23. The molecule has 6 heteroatoms. The van der Waals surface area contributed by atoms with Crippen LogP contribution in [0.3, 0.4) is 0 Å². The second kappa shape index (κ2) is 6.59. The zero-order valence-corrected chi connectivity index (χ0v) is 14.3. The van der Waals surface area contributed by atoms with Gasteiger partial charge in [-0.1, -0.05) is 0 Å². The van der Waals surface area contributed by atoms with Crippen LogP contribution in [0.5, 0.6) is 0 Å². The number of hydrogen-bond donors (Lipinski definition) is 2. The number of aromatic nitrogens is 2. The van der Waals surface area contributed by atoms with E-state index in [4.69, 9.17) is 0 Å². The Hall–Kier alpha value is -2.21. The number of anilines is 1. The van der Waals surface area contributed by atoms with Crippen LogP contribution < -0.4 is 10.6 Å². The maximum Gasteiger partial charge on any atom is 0.224 e. The van der Waals surface area contributed by atoms with Crippen molar-refractivity contribution < 1.29 is 9.18 Å². The summed E-state index contributed by atoms with van der Waals surface area (Å²) in [6, 6.07) is 5.87. The van der Waals surface area contributed by atoms with Crippen LogP contribution in [-0.4, -0.2) is 27.8 Å². The fraction of sp³-hybridized carbons (Fsp3) is 0.474. The van der Waals surface area contributed by atoms with Crippen LogP contribution in [0.15, 0.2) is 30.6 Å². The van der Waals surface area contributed by atoms with E-state index in [1.165, 1.54) is 23.6 Å². The molecule has 0 radical (unpaired) electrons. The van der Waals surface area contributed by atoms with Gasteiger partial charge < -0.3 is 10.6 Å². The van der Waals surface area contributed by atoms with Gasteiger partial charge in [-0.05, 0) is 62.3 Å². The first-order valence-corrected chi connectivity index (χ1v) is 8.94. The molecule has 2 saturated heterocycles. The van der Waals surface area contributed by atoms with Crippen molar-refractivity contribution in [2.75, 3.05) is 5.32 Å². The van der Waals surface area contributed by atoms with Crippen molar-refractivity contribution in [3.63, 3.8) is 0 Å². The van der Waals surface area contributed by atoms with Crippen molar-refractivity contribution in [3.8, 4) is 5.69 Å². The van der Waals surface area contributed by atoms with Gasteiger partial charge in [0.1, 0.15) is 5.69 Å². The number of carbonyl (C=O) groups is 1. The highest BCUT2D eigenvalue weighted by Gasteiger charge is 2.34. The number of carbonyl (C=O) groups excluding carboxylic acids is 1. The van der Waals surface area contributed by atoms with Gasteiger partial charge in [0, 0.05) is 30.4 Å². The minimum Gasteiger partial charge on any atom is -0.326 e. The summed E-state index contributed by atoms with van der Waals surface area (Å²) in [5.41, 5.74) is 1.83. The molecule has 4 rings (SSSR count). The predicted molar refractivity (Wildman–Crippen MR) is 94.2 cm³/mol. The van der Waals surface area contributed by atoms with E-state index >= 15 is 0 Å². The highest BCUT2D eigenvalue weighted by molar-refractivity contribution is 5.91. The number of rotatable bonds is 4. The topological polar surface area (TPSA) is 59.0 Å². The average molecular weight is 342 g/mol. The van der Waals surface area contributed by atoms with E-state index in [2.05, 4.69) is 15.7 Å². The fourth-order valence-electron chi connectivity index (χ4n) is 4.13. The number of aryl methyl sites for hydroxylation is 1. The Kier molecular flexibility index (Phi) is 4.29. The average Bonchev–Trinajstić information content (AvgIpc) is 3.13. The lowest BCUT2D eigenvalue weighted by Crippen LogP contribution is -2.39. The first kappa shape index (κ1) is 16.3. The molecular weight excluding hydrogens is 319 g/mol. The van der Waals surface area contributed by atoms with Crippen LogP contribution in [0.4, 0.5) is 10.1 Å². The van der Waals surface area contributed by atoms with Gasteiger partial charge in [-0.3, -0.25) is 4.79 Å². The smallest absolute Gasteiger partial charge is 0.224 e. The molecule has 0 saturated carbocycles. The highest BCUT2D eigenvalue weighted by Crippen LogP contribution is 2.32. The van der Waals surface area contributed by atoms with Crippen LogP contribution in [0.1, 0.15) is 37.7 Å². The summed E-state index contributed by atoms with van der Waals surface area (Å²) in [6.45, 7) is 1.91. The molecule has 2 aliphatic rings. The van der Waals surface area contributed by atoms with Gasteiger partial charge in [0.25, 0.3) is 0 Å². The van der Waals surface area contributed by atoms with Gasteiger partial charge >= 0.3 is 0 Å². The lowest BCUT2D eigenvalue weighted by molar-refractivity contribution is -0.117. The number of amides is 1. The monoisotopic (exact) mass is 342 g/mol. The molecule has 0 aliphatic carbocycles. The molecule has 2 unspecified atom stereocenters. The zero-order valence-electron chi connectivity index (χ0n) is 14.3. The molecule has 5 nitrogen and oxygen atoms in total. The number of piperidine rings is 1. The third-order valence-electron chi connectivity index (χ3n) is 5.23. The second-order valence-electron chi connectivity index (χ2n) is 7.36. The maximum atomic E-state index is 14.3. The molecule has 3 heterocycles. The molecule has 0 spiro atoms. The lowest BCUT2D eigenvalue weighted by Gasteiger charge is -2.28. The number of fused-ring (bicyclic) bond motifs is 2. The van der Waals surface area contributed by atoms with Gasteiger partial charge in [-0.15, -0.1) is 0 Å². The summed E-state index contributed by atoms with van der Waals surface area (Å²) < 4.78 is 15.8. The van der Waals surface area contributed by atoms with Crippen LogP contribution in [0, 0.1) is 18.7 Å². The van der Waals surface area contributed by atoms with Crippen molar-refractivity contribution in [2.45, 2.75) is 51.1 Å². The quantitative estimate of drug-likeness (QED) is 0.897. The van der Waals surface area contributed by atoms with Crippen LogP contribution in [0.2, 0.25) is 0 Å². The van der Waals surface area contributed by atoms with Crippen molar-refractivity contribution in [2.24, 2.45) is 5.92 Å². The van der Waals surface area contributed by atoms with Crippen molar-refractivity contribution >= 4 is 11.6 Å². The second-order valence-corrected chi connectivity index (χ2v) is 7.36. The maximum absolute atomic E-state index is 14.3. The van der Waals surface area contributed by atoms with E-state index < -0.39 is 5.82 Å². The largest absolute Gasteiger partial charge is 0.326 e. The van der Waals surface area contributed by atoms with Crippen LogP contribution in [0.25, 0.3) is 5.69 Å². The van der Waals surface area contributed by atoms with Crippen LogP contribution >= 0.6 is 0 Å². The van der Waals surface area contributed by atoms with Crippen molar-refractivity contribution in [3.05, 3.63) is 42.0 Å². The lowest BCUT2D eigenvalue weighted by atomic mass is 9.89. The summed E-state index contributed by atoms with van der Waals surface area (Å²) >= 11 is 0. The number of halogens is 1. The van der Waals surface area contributed by atoms with Crippen molar-refractivity contribution in [1.82, 2.24) is 15.1 Å². The predicted octanol–water partition coefficient (Wildman–Crippen LogP) is 3.18. The van der Waals surface area contributed by atoms with E-state index in [9.17, 15) is 9.18 Å². The van der Waals surface area contributed by atoms with E-state index in [0.717, 1.165) is 18.4 Å². The Labute approximate surface area is 146 Å². The minimum atomic E-state index is -0.402. The summed E-state index contributed by atoms with van der Waals surface area (Å²) in [6.07, 6.45) is 8.54. The van der Waals surface area contributed by atoms with Gasteiger partial charge in [-0.2, -0.15) is 5.10 Å². The SMILES string of the molecule is Cc1cnn(-c2ccc(NC(=O)CC3CC4CCC(C3)N4)cc2F)c1. The molecule has 1 amide bonds. The minimum absolute atomic E-state index is 0.0339. The molecule has 25 heavy (non-hydrogen) atoms. The molecular formula is C19H23FN4O. The molecule has 2 fully saturated rings. The Balaban J connectivity index is 1.39. The van der Waals surface area contributed by atoms with E-state index in [0.29, 0.717) is 35.8 Å². The van der Waals surface area contributed by atoms with Gasteiger partial charge in [0.2, 0.25) is 5.91 Å². The van der Waals surface area contributed by atoms with E-state index in [1.54, 1.807) is 24.5 Å². The Bertz CT molecular complexity index is 775. The molecule has 2 atom stereocenters. The summed E-state index contributed by atoms with van der Waals surface area (Å²) in [7, 11) is 0. The molecule has 2 aromatic rings. The van der Waals surface area contributed by atoms with Gasteiger partial charge in [-0.25, -0.2) is 9.07 Å². The number of nitrogens with zero attached hydrogens (tertiary/aromatic N) is 2. The molecule has 1 aromatic heterocycles. The number of hydrogen-bond acceptors (Lipinski definition) is 3. The summed E-state index contributed by atoms with van der Waals surface area (Å²) in [5, 5.41) is 10.5. The Morgan fingerprint density at radius 2 is 2.12 bits per heavy atom. The van der Waals surface area contributed by atoms with Gasteiger partial charge in [0.15, 0.2) is 5.82 Å². The number of benzene rings is 1. The molecule has 2 aliphatic heterocycles. The van der Waals surface area contributed by atoms with E-state index in [1.807, 2.05) is 6.92 Å². The standard InChI is InChI=1S/C19H23FN4O/c1-12-10-21-24(11-12)18-5-4-16(9-17(18)20)23-19(25)8-13-6-14-2-3-15(7-13)22-14/h4-5,9-11,13-15,22H,2-3,6-8H2,1H3,(H,23,25). The van der Waals surface area contributed by atoms with Crippen LogP contribution in [-0.2, 0) is 4.79 Å². The molecule has 2 N–H and O–H groups in total. The first-order valence-electron chi connectivity index (χ1n) is 8.94. The third kappa shape index (κ3) is 3.58. The molecule has 1 aromatic carbocycles. The highest BCUT2D eigenvalue weighted by atomic mass is 19.1. The van der Waals surface area contributed by atoms with Gasteiger partial charge in [0.05, 0.1) is 6.20 Å². The van der Waals surface area contributed by atoms with Crippen molar-refractivity contribution in [1.29, 1.82) is 0 Å². The molecule has 132 valence electrons. The zero-order chi connectivity index (χ0) is 17.4.